The molecule has 2 N–H and O–H groups in total. The van der Waals surface area contributed by atoms with Crippen LogP contribution in [0.2, 0.25) is 10.3 Å². The molecule has 1 heterocycles. The van der Waals surface area contributed by atoms with E-state index in [4.69, 9.17) is 28.3 Å². The Bertz CT molecular complexity index is 447. The van der Waals surface area contributed by atoms with Gasteiger partial charge in [0.25, 0.3) is 5.91 Å². The van der Waals surface area contributed by atoms with E-state index in [0.29, 0.717) is 0 Å². The lowest BCUT2D eigenvalue weighted by atomic mass is 10.2. The van der Waals surface area contributed by atoms with Crippen molar-refractivity contribution in [1.82, 2.24) is 10.3 Å². The van der Waals surface area contributed by atoms with Gasteiger partial charge in [0, 0.05) is 12.7 Å². The third-order valence-electron chi connectivity index (χ3n) is 2.03. The Kier molecular flexibility index (Phi) is 5.33. The van der Waals surface area contributed by atoms with Crippen LogP contribution in [0.15, 0.2) is 12.1 Å². The Morgan fingerprint density at radius 3 is 2.44 bits per heavy atom. The molecule has 6 nitrogen and oxygen atoms in total. The number of nitrogens with one attached hydrogen (secondary N) is 1. The van der Waals surface area contributed by atoms with Gasteiger partial charge in [0.15, 0.2) is 6.10 Å². The van der Waals surface area contributed by atoms with Crippen molar-refractivity contribution in [3.8, 4) is 0 Å². The van der Waals surface area contributed by atoms with Crippen molar-refractivity contribution < 1.29 is 19.4 Å². The first-order valence-electron chi connectivity index (χ1n) is 4.81. The Morgan fingerprint density at radius 2 is 2.00 bits per heavy atom. The number of pyridine rings is 1. The minimum Gasteiger partial charge on any atom is -0.479 e. The fourth-order valence-electron chi connectivity index (χ4n) is 1.15. The van der Waals surface area contributed by atoms with E-state index >= 15 is 0 Å². The van der Waals surface area contributed by atoms with Gasteiger partial charge in [-0.1, -0.05) is 23.2 Å². The Labute approximate surface area is 113 Å². The molecule has 0 radical (unpaired) electrons. The molecule has 8 heteroatoms. The third-order valence-corrected chi connectivity index (χ3v) is 2.42. The van der Waals surface area contributed by atoms with Crippen molar-refractivity contribution in [2.24, 2.45) is 0 Å². The van der Waals surface area contributed by atoms with Gasteiger partial charge in [-0.05, 0) is 12.1 Å². The van der Waals surface area contributed by atoms with Crippen LogP contribution in [0.3, 0.4) is 0 Å². The standard InChI is InChI=1S/C10H10Cl2N2O4/c1-18-6(10(16)17)4-13-9(15)5-2-7(11)14-8(12)3-5/h2-3,6H,4H2,1H3,(H,13,15)(H,16,17). The monoisotopic (exact) mass is 292 g/mol. The summed E-state index contributed by atoms with van der Waals surface area (Å²) in [5.74, 6) is -1.67. The van der Waals surface area contributed by atoms with E-state index in [2.05, 4.69) is 15.0 Å². The molecule has 0 aliphatic rings. The molecule has 1 aromatic heterocycles. The Balaban J connectivity index is 2.68. The predicted molar refractivity (Wildman–Crippen MR) is 65.0 cm³/mol. The first kappa shape index (κ1) is 14.7. The highest BCUT2D eigenvalue weighted by Gasteiger charge is 2.18. The number of carboxylic acids is 1. The largest absolute Gasteiger partial charge is 0.479 e. The van der Waals surface area contributed by atoms with Gasteiger partial charge in [0.1, 0.15) is 10.3 Å². The maximum atomic E-state index is 11.7. The second-order valence-electron chi connectivity index (χ2n) is 3.27. The molecule has 1 unspecified atom stereocenters. The third kappa shape index (κ3) is 4.14. The summed E-state index contributed by atoms with van der Waals surface area (Å²) in [6.45, 7) is -0.164. The highest BCUT2D eigenvalue weighted by molar-refractivity contribution is 6.33. The zero-order valence-corrected chi connectivity index (χ0v) is 10.8. The maximum Gasteiger partial charge on any atom is 0.334 e. The van der Waals surface area contributed by atoms with Crippen molar-refractivity contribution in [2.45, 2.75) is 6.10 Å². The highest BCUT2D eigenvalue weighted by atomic mass is 35.5. The molecular weight excluding hydrogens is 283 g/mol. The summed E-state index contributed by atoms with van der Waals surface area (Å²) in [5, 5.41) is 11.3. The SMILES string of the molecule is COC(CNC(=O)c1cc(Cl)nc(Cl)c1)C(=O)O. The number of ether oxygens (including phenoxy) is 1. The summed E-state index contributed by atoms with van der Waals surface area (Å²) in [5.41, 5.74) is 0.195. The summed E-state index contributed by atoms with van der Waals surface area (Å²) in [7, 11) is 1.24. The molecule has 0 fully saturated rings. The van der Waals surface area contributed by atoms with Crippen LogP contribution in [0, 0.1) is 0 Å². The van der Waals surface area contributed by atoms with Crippen LogP contribution in [-0.4, -0.2) is 41.7 Å². The molecule has 0 aliphatic carbocycles. The van der Waals surface area contributed by atoms with Crippen LogP contribution >= 0.6 is 23.2 Å². The number of aliphatic carboxylic acids is 1. The van der Waals surface area contributed by atoms with E-state index in [-0.39, 0.29) is 22.4 Å². The number of carbonyl (C=O) groups excluding carboxylic acids is 1. The van der Waals surface area contributed by atoms with Crippen LogP contribution in [0.1, 0.15) is 10.4 Å². The number of halogens is 2. The fourth-order valence-corrected chi connectivity index (χ4v) is 1.62. The molecule has 0 bridgehead atoms. The van der Waals surface area contributed by atoms with Gasteiger partial charge >= 0.3 is 5.97 Å². The lowest BCUT2D eigenvalue weighted by molar-refractivity contribution is -0.148. The Hall–Kier alpha value is -1.37. The number of methoxy groups -OCH3 is 1. The zero-order chi connectivity index (χ0) is 13.7. The second kappa shape index (κ2) is 6.53. The van der Waals surface area contributed by atoms with E-state index in [0.717, 1.165) is 0 Å². The van der Waals surface area contributed by atoms with Gasteiger partial charge in [-0.15, -0.1) is 0 Å². The fraction of sp³-hybridized carbons (Fsp3) is 0.300. The molecule has 0 saturated carbocycles. The number of aromatic nitrogens is 1. The number of amides is 1. The normalized spacial score (nSPS) is 11.9. The van der Waals surface area contributed by atoms with Crippen molar-refractivity contribution in [2.75, 3.05) is 13.7 Å². The zero-order valence-electron chi connectivity index (χ0n) is 9.31. The molecule has 1 atom stereocenters. The van der Waals surface area contributed by atoms with E-state index in [1.54, 1.807) is 0 Å². The molecule has 18 heavy (non-hydrogen) atoms. The summed E-state index contributed by atoms with van der Waals surface area (Å²) in [6, 6.07) is 2.65. The van der Waals surface area contributed by atoms with Crippen molar-refractivity contribution in [3.63, 3.8) is 0 Å². The lowest BCUT2D eigenvalue weighted by Gasteiger charge is -2.11. The van der Waals surface area contributed by atoms with Crippen LogP contribution < -0.4 is 5.32 Å². The average molecular weight is 293 g/mol. The van der Waals surface area contributed by atoms with Gasteiger partial charge in [-0.3, -0.25) is 4.79 Å². The topological polar surface area (TPSA) is 88.5 Å². The smallest absolute Gasteiger partial charge is 0.334 e. The number of hydrogen-bond acceptors (Lipinski definition) is 4. The van der Waals surface area contributed by atoms with Crippen LogP contribution in [0.25, 0.3) is 0 Å². The molecular formula is C10H10Cl2N2O4. The summed E-state index contributed by atoms with van der Waals surface area (Å²) in [6.07, 6.45) is -1.11. The van der Waals surface area contributed by atoms with Gasteiger partial charge in [-0.25, -0.2) is 9.78 Å². The summed E-state index contributed by atoms with van der Waals surface area (Å²) >= 11 is 11.3. The van der Waals surface area contributed by atoms with Crippen molar-refractivity contribution in [3.05, 3.63) is 28.0 Å². The molecule has 0 aliphatic heterocycles. The number of carboxylic acid groups (broad SMARTS) is 1. The van der Waals surface area contributed by atoms with E-state index < -0.39 is 18.0 Å². The second-order valence-corrected chi connectivity index (χ2v) is 4.05. The van der Waals surface area contributed by atoms with Gasteiger partial charge in [0.05, 0.1) is 6.54 Å². The molecule has 1 rings (SSSR count). The number of carbonyl (C=O) groups is 2. The van der Waals surface area contributed by atoms with Crippen LogP contribution in [0.5, 0.6) is 0 Å². The average Bonchev–Trinajstić information content (AvgIpc) is 2.27. The van der Waals surface area contributed by atoms with E-state index in [1.807, 2.05) is 0 Å². The molecule has 0 aromatic carbocycles. The van der Waals surface area contributed by atoms with Crippen LogP contribution in [0.4, 0.5) is 0 Å². The molecule has 98 valence electrons. The summed E-state index contributed by atoms with van der Waals surface area (Å²) in [4.78, 5) is 26.0. The predicted octanol–water partition coefficient (Wildman–Crippen LogP) is 1.22. The van der Waals surface area contributed by atoms with Crippen molar-refractivity contribution in [1.29, 1.82) is 0 Å². The van der Waals surface area contributed by atoms with Crippen LogP contribution in [-0.2, 0) is 9.53 Å². The minimum atomic E-state index is -1.16. The minimum absolute atomic E-state index is 0.0779. The molecule has 0 spiro atoms. The van der Waals surface area contributed by atoms with Gasteiger partial charge < -0.3 is 15.2 Å². The van der Waals surface area contributed by atoms with Gasteiger partial charge in [-0.2, -0.15) is 0 Å². The quantitative estimate of drug-likeness (QED) is 0.797. The molecule has 1 aromatic rings. The summed E-state index contributed by atoms with van der Waals surface area (Å²) < 4.78 is 4.67. The highest BCUT2D eigenvalue weighted by Crippen LogP contribution is 2.14. The molecule has 0 saturated heterocycles. The van der Waals surface area contributed by atoms with E-state index in [9.17, 15) is 9.59 Å². The maximum absolute atomic E-state index is 11.7. The lowest BCUT2D eigenvalue weighted by Crippen LogP contribution is -2.37. The number of nitrogens with zero attached hydrogens (tertiary/aromatic N) is 1. The number of rotatable bonds is 5. The first-order valence-corrected chi connectivity index (χ1v) is 5.56. The number of hydrogen-bond donors (Lipinski definition) is 2. The van der Waals surface area contributed by atoms with Gasteiger partial charge in [0.2, 0.25) is 0 Å². The van der Waals surface area contributed by atoms with E-state index in [1.165, 1.54) is 19.2 Å². The van der Waals surface area contributed by atoms with Crippen molar-refractivity contribution >= 4 is 35.1 Å². The first-order chi connectivity index (χ1) is 8.43. The molecule has 1 amide bonds. The Morgan fingerprint density at radius 1 is 1.44 bits per heavy atom.